The fourth-order valence-corrected chi connectivity index (χ4v) is 2.38. The summed E-state index contributed by atoms with van der Waals surface area (Å²) in [5.74, 6) is -1.02. The van der Waals surface area contributed by atoms with E-state index in [1.54, 1.807) is 0 Å². The standard InChI is InChI=1S/C17H17ClN2O3/c1-10-6-11(2)16(12(3)7-10)20-15(21)9-23-17(22)13-4-5-14(18)19-8-13/h4-8H,9H2,1-3H3,(H,20,21). The van der Waals surface area contributed by atoms with Gasteiger partial charge in [0.2, 0.25) is 0 Å². The van der Waals surface area contributed by atoms with Gasteiger partial charge in [0.05, 0.1) is 5.56 Å². The number of halogens is 1. The Morgan fingerprint density at radius 3 is 2.39 bits per heavy atom. The lowest BCUT2D eigenvalue weighted by Gasteiger charge is -2.13. The van der Waals surface area contributed by atoms with Gasteiger partial charge in [-0.3, -0.25) is 4.79 Å². The second-order valence-corrected chi connectivity index (χ2v) is 5.65. The molecule has 1 aromatic heterocycles. The molecule has 0 spiro atoms. The summed E-state index contributed by atoms with van der Waals surface area (Å²) in [5.41, 5.74) is 4.03. The number of amides is 1. The zero-order valence-corrected chi connectivity index (χ0v) is 13.9. The fourth-order valence-electron chi connectivity index (χ4n) is 2.26. The third-order valence-electron chi connectivity index (χ3n) is 3.24. The number of carbonyl (C=O) groups excluding carboxylic acids is 2. The van der Waals surface area contributed by atoms with Gasteiger partial charge in [0.1, 0.15) is 5.15 Å². The summed E-state index contributed by atoms with van der Waals surface area (Å²) >= 11 is 5.65. The zero-order valence-electron chi connectivity index (χ0n) is 13.1. The minimum absolute atomic E-state index is 0.241. The van der Waals surface area contributed by atoms with E-state index in [1.807, 2.05) is 32.9 Å². The second-order valence-electron chi connectivity index (χ2n) is 5.27. The van der Waals surface area contributed by atoms with Crippen LogP contribution in [0.1, 0.15) is 27.0 Å². The number of pyridine rings is 1. The normalized spacial score (nSPS) is 10.3. The van der Waals surface area contributed by atoms with E-state index in [1.165, 1.54) is 18.3 Å². The maximum absolute atomic E-state index is 12.0. The van der Waals surface area contributed by atoms with Gasteiger partial charge in [-0.2, -0.15) is 0 Å². The average Bonchev–Trinajstić information content (AvgIpc) is 2.49. The number of anilines is 1. The predicted octanol–water partition coefficient (Wildman–Crippen LogP) is 3.46. The lowest BCUT2D eigenvalue weighted by molar-refractivity contribution is -0.119. The van der Waals surface area contributed by atoms with Crippen molar-refractivity contribution in [1.82, 2.24) is 4.98 Å². The number of aromatic nitrogens is 1. The smallest absolute Gasteiger partial charge is 0.340 e. The molecule has 23 heavy (non-hydrogen) atoms. The van der Waals surface area contributed by atoms with Crippen LogP contribution in [-0.2, 0) is 9.53 Å². The number of hydrogen-bond acceptors (Lipinski definition) is 4. The van der Waals surface area contributed by atoms with E-state index >= 15 is 0 Å². The summed E-state index contributed by atoms with van der Waals surface area (Å²) in [5, 5.41) is 3.05. The van der Waals surface area contributed by atoms with Crippen LogP contribution in [0, 0.1) is 20.8 Å². The Kier molecular flexibility index (Phi) is 5.34. The number of hydrogen-bond donors (Lipinski definition) is 1. The van der Waals surface area contributed by atoms with Gasteiger partial charge in [-0.25, -0.2) is 9.78 Å². The van der Waals surface area contributed by atoms with Gasteiger partial charge < -0.3 is 10.1 Å². The van der Waals surface area contributed by atoms with Gasteiger partial charge in [0.25, 0.3) is 5.91 Å². The SMILES string of the molecule is Cc1cc(C)c(NC(=O)COC(=O)c2ccc(Cl)nc2)c(C)c1. The maximum atomic E-state index is 12.0. The predicted molar refractivity (Wildman–Crippen MR) is 88.8 cm³/mol. The van der Waals surface area contributed by atoms with Crippen LogP contribution in [0.25, 0.3) is 0 Å². The van der Waals surface area contributed by atoms with Gasteiger partial charge in [-0.1, -0.05) is 29.3 Å². The van der Waals surface area contributed by atoms with E-state index in [9.17, 15) is 9.59 Å². The molecule has 1 heterocycles. The van der Waals surface area contributed by atoms with Crippen LogP contribution in [0.2, 0.25) is 5.15 Å². The maximum Gasteiger partial charge on any atom is 0.340 e. The quantitative estimate of drug-likeness (QED) is 0.687. The highest BCUT2D eigenvalue weighted by Gasteiger charge is 2.12. The minimum atomic E-state index is -0.623. The molecule has 0 saturated heterocycles. The average molecular weight is 333 g/mol. The lowest BCUT2D eigenvalue weighted by atomic mass is 10.1. The molecule has 2 aromatic rings. The van der Waals surface area contributed by atoms with Crippen molar-refractivity contribution >= 4 is 29.2 Å². The van der Waals surface area contributed by atoms with Crippen LogP contribution in [0.15, 0.2) is 30.5 Å². The highest BCUT2D eigenvalue weighted by molar-refractivity contribution is 6.29. The topological polar surface area (TPSA) is 68.3 Å². The number of ether oxygens (including phenoxy) is 1. The van der Waals surface area contributed by atoms with Crippen molar-refractivity contribution in [3.8, 4) is 0 Å². The molecule has 0 unspecified atom stereocenters. The molecule has 5 nitrogen and oxygen atoms in total. The number of carbonyl (C=O) groups is 2. The Labute approximate surface area is 139 Å². The first kappa shape index (κ1) is 17.0. The monoisotopic (exact) mass is 332 g/mol. The minimum Gasteiger partial charge on any atom is -0.452 e. The fraction of sp³-hybridized carbons (Fsp3) is 0.235. The number of benzene rings is 1. The summed E-state index contributed by atoms with van der Waals surface area (Å²) in [6, 6.07) is 6.93. The van der Waals surface area contributed by atoms with E-state index in [2.05, 4.69) is 10.3 Å². The number of esters is 1. The van der Waals surface area contributed by atoms with Crippen molar-refractivity contribution in [3.05, 3.63) is 57.9 Å². The second kappa shape index (κ2) is 7.24. The number of nitrogens with zero attached hydrogens (tertiary/aromatic N) is 1. The summed E-state index contributed by atoms with van der Waals surface area (Å²) in [6.07, 6.45) is 1.30. The third-order valence-corrected chi connectivity index (χ3v) is 3.46. The molecule has 0 atom stereocenters. The molecule has 0 fully saturated rings. The van der Waals surface area contributed by atoms with Crippen LogP contribution in [0.4, 0.5) is 5.69 Å². The molecule has 2 rings (SSSR count). The summed E-state index contributed by atoms with van der Waals surface area (Å²) in [6.45, 7) is 5.46. The molecule has 0 aliphatic heterocycles. The largest absolute Gasteiger partial charge is 0.452 e. The number of rotatable bonds is 4. The number of aryl methyl sites for hydroxylation is 3. The molecule has 0 bridgehead atoms. The molecule has 0 radical (unpaired) electrons. The van der Waals surface area contributed by atoms with Crippen LogP contribution >= 0.6 is 11.6 Å². The summed E-state index contributed by atoms with van der Waals surface area (Å²) in [4.78, 5) is 27.6. The van der Waals surface area contributed by atoms with Crippen molar-refractivity contribution in [1.29, 1.82) is 0 Å². The van der Waals surface area contributed by atoms with Gasteiger partial charge >= 0.3 is 5.97 Å². The molecular formula is C17H17ClN2O3. The van der Waals surface area contributed by atoms with Crippen molar-refractivity contribution < 1.29 is 14.3 Å². The van der Waals surface area contributed by atoms with Gasteiger partial charge in [0, 0.05) is 11.9 Å². The molecular weight excluding hydrogens is 316 g/mol. The molecule has 0 aliphatic carbocycles. The zero-order chi connectivity index (χ0) is 17.0. The Hall–Kier alpha value is -2.40. The van der Waals surface area contributed by atoms with Crippen molar-refractivity contribution in [2.75, 3.05) is 11.9 Å². The van der Waals surface area contributed by atoms with Crippen molar-refractivity contribution in [2.45, 2.75) is 20.8 Å². The van der Waals surface area contributed by atoms with E-state index in [-0.39, 0.29) is 17.3 Å². The Morgan fingerprint density at radius 2 is 1.83 bits per heavy atom. The number of nitrogens with one attached hydrogen (secondary N) is 1. The van der Waals surface area contributed by atoms with Crippen LogP contribution in [0.5, 0.6) is 0 Å². The van der Waals surface area contributed by atoms with E-state index in [4.69, 9.17) is 16.3 Å². The molecule has 1 aromatic carbocycles. The van der Waals surface area contributed by atoms with Crippen LogP contribution in [0.3, 0.4) is 0 Å². The van der Waals surface area contributed by atoms with Gasteiger partial charge in [-0.05, 0) is 44.0 Å². The Balaban J connectivity index is 1.95. The molecule has 1 amide bonds. The van der Waals surface area contributed by atoms with Crippen LogP contribution < -0.4 is 5.32 Å². The van der Waals surface area contributed by atoms with E-state index < -0.39 is 11.9 Å². The summed E-state index contributed by atoms with van der Waals surface area (Å²) < 4.78 is 4.97. The Morgan fingerprint density at radius 1 is 1.17 bits per heavy atom. The highest BCUT2D eigenvalue weighted by Crippen LogP contribution is 2.21. The van der Waals surface area contributed by atoms with Crippen molar-refractivity contribution in [2.24, 2.45) is 0 Å². The first-order valence-corrected chi connectivity index (χ1v) is 7.41. The van der Waals surface area contributed by atoms with Gasteiger partial charge in [-0.15, -0.1) is 0 Å². The van der Waals surface area contributed by atoms with E-state index in [0.717, 1.165) is 22.4 Å². The first-order chi connectivity index (χ1) is 10.9. The highest BCUT2D eigenvalue weighted by atomic mass is 35.5. The molecule has 0 aliphatic rings. The molecule has 6 heteroatoms. The molecule has 0 saturated carbocycles. The van der Waals surface area contributed by atoms with Crippen LogP contribution in [-0.4, -0.2) is 23.5 Å². The Bertz CT molecular complexity index is 719. The molecule has 120 valence electrons. The third kappa shape index (κ3) is 4.53. The van der Waals surface area contributed by atoms with E-state index in [0.29, 0.717) is 0 Å². The van der Waals surface area contributed by atoms with Crippen molar-refractivity contribution in [3.63, 3.8) is 0 Å². The molecule has 1 N–H and O–H groups in total. The first-order valence-electron chi connectivity index (χ1n) is 7.03. The summed E-state index contributed by atoms with van der Waals surface area (Å²) in [7, 11) is 0. The van der Waals surface area contributed by atoms with Gasteiger partial charge in [0.15, 0.2) is 6.61 Å². The lowest BCUT2D eigenvalue weighted by Crippen LogP contribution is -2.22.